The molecule has 4 nitrogen and oxygen atoms in total. The molecule has 0 saturated heterocycles. The van der Waals surface area contributed by atoms with E-state index in [0.29, 0.717) is 13.1 Å². The van der Waals surface area contributed by atoms with Gasteiger partial charge in [0.15, 0.2) is 0 Å². The van der Waals surface area contributed by atoms with E-state index < -0.39 is 0 Å². The number of allylic oxidation sites excluding steroid dienone is 4. The Morgan fingerprint density at radius 3 is 2.61 bits per heavy atom. The van der Waals surface area contributed by atoms with Gasteiger partial charge in [-0.25, -0.2) is 0 Å². The Kier molecular flexibility index (Phi) is 8.42. The Labute approximate surface area is 110 Å². The number of nitrogens with one attached hydrogen (secondary N) is 1. The molecule has 0 aliphatic heterocycles. The van der Waals surface area contributed by atoms with Crippen LogP contribution >= 0.6 is 0 Å². The van der Waals surface area contributed by atoms with Crippen LogP contribution in [-0.2, 0) is 0 Å². The summed E-state index contributed by atoms with van der Waals surface area (Å²) in [5, 5.41) is 3.45. The zero-order valence-electron chi connectivity index (χ0n) is 11.1. The fourth-order valence-electron chi connectivity index (χ4n) is 1.91. The molecule has 1 rings (SSSR count). The van der Waals surface area contributed by atoms with Crippen LogP contribution < -0.4 is 16.8 Å². The van der Waals surface area contributed by atoms with Gasteiger partial charge in [0.05, 0.1) is 0 Å². The lowest BCUT2D eigenvalue weighted by atomic mass is 10.2. The lowest BCUT2D eigenvalue weighted by Crippen LogP contribution is -2.38. The van der Waals surface area contributed by atoms with Crippen molar-refractivity contribution in [2.45, 2.75) is 6.42 Å². The number of nitrogens with zero attached hydrogens (tertiary/aromatic N) is 1. The molecular weight excluding hydrogens is 224 g/mol. The van der Waals surface area contributed by atoms with Gasteiger partial charge < -0.3 is 16.8 Å². The molecule has 5 N–H and O–H groups in total. The largest absolute Gasteiger partial charge is 0.329 e. The van der Waals surface area contributed by atoms with E-state index in [1.165, 1.54) is 5.57 Å². The highest BCUT2D eigenvalue weighted by atomic mass is 15.1. The fraction of sp³-hybridized carbons (Fsp3) is 0.571. The van der Waals surface area contributed by atoms with E-state index >= 15 is 0 Å². The molecular formula is C14H26N4. The van der Waals surface area contributed by atoms with Crippen LogP contribution in [0.2, 0.25) is 0 Å². The zero-order valence-corrected chi connectivity index (χ0v) is 11.1. The second-order valence-electron chi connectivity index (χ2n) is 4.40. The summed E-state index contributed by atoms with van der Waals surface area (Å²) in [5.41, 5.74) is 12.5. The highest BCUT2D eigenvalue weighted by molar-refractivity contribution is 5.28. The molecule has 0 bridgehead atoms. The van der Waals surface area contributed by atoms with E-state index in [2.05, 4.69) is 40.6 Å². The summed E-state index contributed by atoms with van der Waals surface area (Å²) in [6.45, 7) is 6.11. The third-order valence-electron chi connectivity index (χ3n) is 2.88. The van der Waals surface area contributed by atoms with Gasteiger partial charge >= 0.3 is 0 Å². The van der Waals surface area contributed by atoms with Crippen molar-refractivity contribution in [2.75, 3.05) is 45.8 Å². The predicted molar refractivity (Wildman–Crippen MR) is 78.4 cm³/mol. The topological polar surface area (TPSA) is 67.3 Å². The summed E-state index contributed by atoms with van der Waals surface area (Å²) in [6, 6.07) is 0. The molecule has 18 heavy (non-hydrogen) atoms. The first-order valence-corrected chi connectivity index (χ1v) is 6.72. The summed E-state index contributed by atoms with van der Waals surface area (Å²) in [7, 11) is 0. The van der Waals surface area contributed by atoms with Crippen LogP contribution in [0.1, 0.15) is 6.42 Å². The summed E-state index contributed by atoms with van der Waals surface area (Å²) in [6.07, 6.45) is 11.8. The van der Waals surface area contributed by atoms with Crippen molar-refractivity contribution in [1.29, 1.82) is 0 Å². The van der Waals surface area contributed by atoms with Crippen LogP contribution in [0.5, 0.6) is 0 Å². The molecule has 0 amide bonds. The molecule has 1 aliphatic carbocycles. The predicted octanol–water partition coefficient (Wildman–Crippen LogP) is 0.238. The van der Waals surface area contributed by atoms with Crippen molar-refractivity contribution in [3.8, 4) is 0 Å². The van der Waals surface area contributed by atoms with Crippen molar-refractivity contribution in [3.63, 3.8) is 0 Å². The standard InChI is InChI=1S/C14H26N4/c15-7-10-18(11-8-16)12-9-17-13-14-5-3-1-2-4-6-14/h1,3-6,17H,2,7-13,15-16H2. The molecule has 1 aliphatic rings. The molecule has 0 atom stereocenters. The monoisotopic (exact) mass is 250 g/mol. The normalized spacial score (nSPS) is 14.9. The first-order valence-electron chi connectivity index (χ1n) is 6.72. The maximum absolute atomic E-state index is 5.57. The van der Waals surface area contributed by atoms with Gasteiger partial charge in [-0.1, -0.05) is 30.4 Å². The van der Waals surface area contributed by atoms with Crippen LogP contribution in [-0.4, -0.2) is 50.7 Å². The molecule has 0 heterocycles. The van der Waals surface area contributed by atoms with Gasteiger partial charge in [-0.15, -0.1) is 0 Å². The maximum atomic E-state index is 5.57. The summed E-state index contributed by atoms with van der Waals surface area (Å²) in [4.78, 5) is 2.30. The third kappa shape index (κ3) is 6.71. The van der Waals surface area contributed by atoms with E-state index in [-0.39, 0.29) is 0 Å². The summed E-state index contributed by atoms with van der Waals surface area (Å²) in [5.74, 6) is 0. The quantitative estimate of drug-likeness (QED) is 0.513. The van der Waals surface area contributed by atoms with Gasteiger partial charge in [0.2, 0.25) is 0 Å². The van der Waals surface area contributed by atoms with E-state index in [1.807, 2.05) is 0 Å². The van der Waals surface area contributed by atoms with Gasteiger partial charge in [-0.05, 0) is 12.0 Å². The third-order valence-corrected chi connectivity index (χ3v) is 2.88. The number of rotatable bonds is 9. The van der Waals surface area contributed by atoms with Gasteiger partial charge in [0, 0.05) is 45.8 Å². The van der Waals surface area contributed by atoms with Crippen LogP contribution in [0.25, 0.3) is 0 Å². The van der Waals surface area contributed by atoms with Gasteiger partial charge in [0.1, 0.15) is 0 Å². The molecule has 0 fully saturated rings. The Balaban J connectivity index is 2.16. The number of hydrogen-bond acceptors (Lipinski definition) is 4. The first-order chi connectivity index (χ1) is 8.86. The van der Waals surface area contributed by atoms with E-state index in [4.69, 9.17) is 11.5 Å². The Morgan fingerprint density at radius 1 is 1.11 bits per heavy atom. The molecule has 0 saturated carbocycles. The molecule has 0 radical (unpaired) electrons. The fourth-order valence-corrected chi connectivity index (χ4v) is 1.91. The minimum atomic E-state index is 0.693. The number of nitrogens with two attached hydrogens (primary N) is 2. The van der Waals surface area contributed by atoms with Gasteiger partial charge in [-0.3, -0.25) is 4.90 Å². The first kappa shape index (κ1) is 15.1. The van der Waals surface area contributed by atoms with Gasteiger partial charge in [0.25, 0.3) is 0 Å². The van der Waals surface area contributed by atoms with Crippen molar-refractivity contribution in [3.05, 3.63) is 36.0 Å². The Bertz CT molecular complexity index is 288. The highest BCUT2D eigenvalue weighted by Crippen LogP contribution is 2.02. The molecule has 0 unspecified atom stereocenters. The van der Waals surface area contributed by atoms with Crippen molar-refractivity contribution >= 4 is 0 Å². The smallest absolute Gasteiger partial charge is 0.0205 e. The summed E-state index contributed by atoms with van der Waals surface area (Å²) >= 11 is 0. The lowest BCUT2D eigenvalue weighted by Gasteiger charge is -2.20. The van der Waals surface area contributed by atoms with E-state index in [9.17, 15) is 0 Å². The molecule has 0 aromatic carbocycles. The van der Waals surface area contributed by atoms with Crippen molar-refractivity contribution in [1.82, 2.24) is 10.2 Å². The van der Waals surface area contributed by atoms with E-state index in [0.717, 1.165) is 39.1 Å². The van der Waals surface area contributed by atoms with Crippen LogP contribution in [0.3, 0.4) is 0 Å². The average Bonchev–Trinajstić information content (AvgIpc) is 2.63. The molecule has 0 spiro atoms. The highest BCUT2D eigenvalue weighted by Gasteiger charge is 2.01. The van der Waals surface area contributed by atoms with Crippen LogP contribution in [0, 0.1) is 0 Å². The van der Waals surface area contributed by atoms with E-state index in [1.54, 1.807) is 0 Å². The van der Waals surface area contributed by atoms with Crippen molar-refractivity contribution < 1.29 is 0 Å². The minimum Gasteiger partial charge on any atom is -0.329 e. The SMILES string of the molecule is NCCN(CCN)CCNCC1=CC=CCC=C1. The maximum Gasteiger partial charge on any atom is 0.0205 e. The lowest BCUT2D eigenvalue weighted by molar-refractivity contribution is 0.289. The minimum absolute atomic E-state index is 0.693. The van der Waals surface area contributed by atoms with Crippen LogP contribution in [0.4, 0.5) is 0 Å². The Hall–Kier alpha value is -0.940. The van der Waals surface area contributed by atoms with Gasteiger partial charge in [-0.2, -0.15) is 0 Å². The summed E-state index contributed by atoms with van der Waals surface area (Å²) < 4.78 is 0. The molecule has 102 valence electrons. The molecule has 0 aromatic rings. The van der Waals surface area contributed by atoms with Crippen molar-refractivity contribution in [2.24, 2.45) is 11.5 Å². The van der Waals surface area contributed by atoms with Crippen LogP contribution in [0.15, 0.2) is 36.0 Å². The molecule has 0 aromatic heterocycles. The molecule has 4 heteroatoms. The average molecular weight is 250 g/mol. The zero-order chi connectivity index (χ0) is 13.1. The second-order valence-corrected chi connectivity index (χ2v) is 4.40. The Morgan fingerprint density at radius 2 is 1.89 bits per heavy atom. The second kappa shape index (κ2) is 10.0. The number of hydrogen-bond donors (Lipinski definition) is 3.